The lowest BCUT2D eigenvalue weighted by Gasteiger charge is -2.33. The number of para-hydroxylation sites is 1. The molecule has 0 bridgehead atoms. The van der Waals surface area contributed by atoms with Crippen LogP contribution in [0.25, 0.3) is 0 Å². The minimum absolute atomic E-state index is 0.0770. The summed E-state index contributed by atoms with van der Waals surface area (Å²) >= 11 is 3.49. The highest BCUT2D eigenvalue weighted by molar-refractivity contribution is 9.10. The van der Waals surface area contributed by atoms with Gasteiger partial charge in [-0.2, -0.15) is 0 Å². The normalized spacial score (nSPS) is 17.7. The molecular formula is C27H22BrNO2. The second kappa shape index (κ2) is 7.88. The number of hydrogen-bond donors (Lipinski definition) is 2. The number of rotatable bonds is 4. The molecule has 2 N–H and O–H groups in total. The second-order valence-corrected chi connectivity index (χ2v) is 8.81. The Bertz CT molecular complexity index is 1170. The van der Waals surface area contributed by atoms with Gasteiger partial charge in [-0.05, 0) is 35.4 Å². The number of hydrogen-bond acceptors (Lipinski definition) is 3. The van der Waals surface area contributed by atoms with Crippen molar-refractivity contribution in [3.05, 3.63) is 130 Å². The average molecular weight is 472 g/mol. The Hall–Kier alpha value is -3.08. The highest BCUT2D eigenvalue weighted by atomic mass is 79.9. The molecule has 0 spiro atoms. The topological polar surface area (TPSA) is 43.7 Å². The van der Waals surface area contributed by atoms with E-state index in [4.69, 9.17) is 0 Å². The molecule has 4 heteroatoms. The van der Waals surface area contributed by atoms with Crippen LogP contribution in [0.15, 0.2) is 108 Å². The Morgan fingerprint density at radius 2 is 1.32 bits per heavy atom. The average Bonchev–Trinajstić information content (AvgIpc) is 3.11. The summed E-state index contributed by atoms with van der Waals surface area (Å²) in [6.07, 6.45) is 0. The first-order valence-electron chi connectivity index (χ1n) is 10.3. The largest absolute Gasteiger partial charge is 0.508 e. The first-order valence-corrected chi connectivity index (χ1v) is 11.0. The van der Waals surface area contributed by atoms with Crippen LogP contribution in [-0.4, -0.2) is 16.8 Å². The van der Waals surface area contributed by atoms with Crippen LogP contribution in [0.5, 0.6) is 5.75 Å². The fourth-order valence-electron chi connectivity index (χ4n) is 4.61. The number of halogens is 1. The first kappa shape index (κ1) is 19.9. The van der Waals surface area contributed by atoms with E-state index < -0.39 is 5.60 Å². The van der Waals surface area contributed by atoms with Crippen molar-refractivity contribution in [1.82, 2.24) is 0 Å². The van der Waals surface area contributed by atoms with Crippen molar-refractivity contribution in [3.8, 4) is 5.75 Å². The molecule has 0 aliphatic carbocycles. The predicted octanol–water partition coefficient (Wildman–Crippen LogP) is 6.00. The molecule has 0 radical (unpaired) electrons. The van der Waals surface area contributed by atoms with Gasteiger partial charge in [0, 0.05) is 21.3 Å². The lowest BCUT2D eigenvalue weighted by atomic mass is 9.87. The van der Waals surface area contributed by atoms with Crippen molar-refractivity contribution in [1.29, 1.82) is 0 Å². The number of benzene rings is 4. The van der Waals surface area contributed by atoms with Crippen molar-refractivity contribution in [2.75, 3.05) is 11.4 Å². The summed E-state index contributed by atoms with van der Waals surface area (Å²) in [6, 6.07) is 33.7. The maximum absolute atomic E-state index is 12.0. The molecule has 1 aliphatic heterocycles. The lowest BCUT2D eigenvalue weighted by molar-refractivity contribution is 0.0940. The van der Waals surface area contributed by atoms with Gasteiger partial charge in [0.05, 0.1) is 12.6 Å². The van der Waals surface area contributed by atoms with Crippen LogP contribution in [0.4, 0.5) is 5.69 Å². The van der Waals surface area contributed by atoms with E-state index in [9.17, 15) is 10.2 Å². The van der Waals surface area contributed by atoms with Crippen LogP contribution in [0, 0.1) is 0 Å². The number of aromatic hydroxyl groups is 1. The van der Waals surface area contributed by atoms with Crippen LogP contribution in [0.2, 0.25) is 0 Å². The van der Waals surface area contributed by atoms with Crippen molar-refractivity contribution < 1.29 is 10.2 Å². The molecule has 31 heavy (non-hydrogen) atoms. The van der Waals surface area contributed by atoms with Gasteiger partial charge in [-0.1, -0.05) is 94.8 Å². The van der Waals surface area contributed by atoms with E-state index in [1.54, 1.807) is 18.2 Å². The Kier molecular flexibility index (Phi) is 5.05. The fourth-order valence-corrected chi connectivity index (χ4v) is 4.97. The van der Waals surface area contributed by atoms with Gasteiger partial charge in [0.2, 0.25) is 0 Å². The summed E-state index contributed by atoms with van der Waals surface area (Å²) in [4.78, 5) is 2.24. The molecule has 0 aromatic heterocycles. The molecule has 0 fully saturated rings. The molecule has 1 atom stereocenters. The van der Waals surface area contributed by atoms with E-state index in [1.807, 2.05) is 60.7 Å². The van der Waals surface area contributed by atoms with E-state index in [0.717, 1.165) is 26.9 Å². The molecule has 1 heterocycles. The standard InChI is InChI=1S/C27H22BrNO2/c28-21-15-16-25(30)23(17-21)27(31)18-29(24-14-8-7-13-22(24)27)26(19-9-3-1-4-10-19)20-11-5-2-6-12-20/h1-17,26,30-31H,18H2. The van der Waals surface area contributed by atoms with Gasteiger partial charge in [-0.15, -0.1) is 0 Å². The van der Waals surface area contributed by atoms with E-state index in [0.29, 0.717) is 12.1 Å². The van der Waals surface area contributed by atoms with Crippen LogP contribution >= 0.6 is 15.9 Å². The van der Waals surface area contributed by atoms with Gasteiger partial charge in [-0.3, -0.25) is 0 Å². The molecule has 1 unspecified atom stereocenters. The Labute approximate surface area is 190 Å². The van der Waals surface area contributed by atoms with Crippen LogP contribution in [-0.2, 0) is 5.60 Å². The van der Waals surface area contributed by atoms with Crippen molar-refractivity contribution >= 4 is 21.6 Å². The Morgan fingerprint density at radius 3 is 1.97 bits per heavy atom. The van der Waals surface area contributed by atoms with Gasteiger partial charge in [0.15, 0.2) is 0 Å². The molecule has 154 valence electrons. The van der Waals surface area contributed by atoms with Gasteiger partial charge in [0.1, 0.15) is 11.4 Å². The van der Waals surface area contributed by atoms with E-state index in [-0.39, 0.29) is 11.8 Å². The summed E-state index contributed by atoms with van der Waals surface area (Å²) in [5.74, 6) is 0.0818. The van der Waals surface area contributed by atoms with Gasteiger partial charge in [0.25, 0.3) is 0 Å². The maximum Gasteiger partial charge on any atom is 0.138 e. The van der Waals surface area contributed by atoms with E-state index in [1.165, 1.54) is 0 Å². The summed E-state index contributed by atoms with van der Waals surface area (Å²) in [5, 5.41) is 22.7. The number of phenolic OH excluding ortho intramolecular Hbond substituents is 1. The molecular weight excluding hydrogens is 450 g/mol. The first-order chi connectivity index (χ1) is 15.1. The quantitative estimate of drug-likeness (QED) is 0.383. The zero-order valence-electron chi connectivity index (χ0n) is 16.8. The van der Waals surface area contributed by atoms with Crippen LogP contribution in [0.1, 0.15) is 28.3 Å². The summed E-state index contributed by atoms with van der Waals surface area (Å²) < 4.78 is 0.812. The third-order valence-electron chi connectivity index (χ3n) is 6.00. The smallest absolute Gasteiger partial charge is 0.138 e. The second-order valence-electron chi connectivity index (χ2n) is 7.89. The van der Waals surface area contributed by atoms with Crippen molar-refractivity contribution in [2.24, 2.45) is 0 Å². The summed E-state index contributed by atoms with van der Waals surface area (Å²) in [5.41, 5.74) is 3.20. The van der Waals surface area contributed by atoms with Gasteiger partial charge < -0.3 is 15.1 Å². The lowest BCUT2D eigenvalue weighted by Crippen LogP contribution is -2.37. The summed E-state index contributed by atoms with van der Waals surface area (Å²) in [7, 11) is 0. The molecule has 0 saturated carbocycles. The van der Waals surface area contributed by atoms with E-state index >= 15 is 0 Å². The Balaban J connectivity index is 1.70. The number of β-amino-alcohol motifs (C(OH)–C–C–N with tert-alkyl or cyclic N) is 1. The predicted molar refractivity (Wildman–Crippen MR) is 127 cm³/mol. The Morgan fingerprint density at radius 1 is 0.742 bits per heavy atom. The molecule has 0 saturated heterocycles. The minimum atomic E-state index is -1.34. The minimum Gasteiger partial charge on any atom is -0.508 e. The number of anilines is 1. The molecule has 5 rings (SSSR count). The highest BCUT2D eigenvalue weighted by Gasteiger charge is 2.46. The maximum atomic E-state index is 12.0. The SMILES string of the molecule is Oc1ccc(Br)cc1C1(O)CN(C(c2ccccc2)c2ccccc2)c2ccccc21. The van der Waals surface area contributed by atoms with E-state index in [2.05, 4.69) is 45.1 Å². The zero-order valence-corrected chi connectivity index (χ0v) is 18.4. The summed E-state index contributed by atoms with van der Waals surface area (Å²) in [6.45, 7) is 0.324. The van der Waals surface area contributed by atoms with Gasteiger partial charge in [-0.25, -0.2) is 0 Å². The van der Waals surface area contributed by atoms with Crippen LogP contribution < -0.4 is 4.90 Å². The zero-order chi connectivity index (χ0) is 21.4. The fraction of sp³-hybridized carbons (Fsp3) is 0.111. The molecule has 4 aromatic rings. The molecule has 0 amide bonds. The van der Waals surface area contributed by atoms with Crippen molar-refractivity contribution in [3.63, 3.8) is 0 Å². The third kappa shape index (κ3) is 3.42. The molecule has 1 aliphatic rings. The van der Waals surface area contributed by atoms with Gasteiger partial charge >= 0.3 is 0 Å². The van der Waals surface area contributed by atoms with Crippen LogP contribution in [0.3, 0.4) is 0 Å². The molecule has 4 aromatic carbocycles. The monoisotopic (exact) mass is 471 g/mol. The third-order valence-corrected chi connectivity index (χ3v) is 6.50. The highest BCUT2D eigenvalue weighted by Crippen LogP contribution is 2.50. The number of aliphatic hydroxyl groups is 1. The molecule has 3 nitrogen and oxygen atoms in total. The number of nitrogens with zero attached hydrogens (tertiary/aromatic N) is 1. The number of fused-ring (bicyclic) bond motifs is 1. The number of phenols is 1. The van der Waals surface area contributed by atoms with Crippen molar-refractivity contribution in [2.45, 2.75) is 11.6 Å².